The predicted molar refractivity (Wildman–Crippen MR) is 93.4 cm³/mol. The van der Waals surface area contributed by atoms with Gasteiger partial charge in [0.25, 0.3) is 5.91 Å². The number of carbonyl (C=O) groups is 2. The Kier molecular flexibility index (Phi) is 4.90. The SMILES string of the molecule is COc1cc(/C=C2\NC(=O)NC2=O)ccc1OCc1ccccc1Cl. The van der Waals surface area contributed by atoms with E-state index in [2.05, 4.69) is 10.6 Å². The molecule has 1 aliphatic rings. The summed E-state index contributed by atoms with van der Waals surface area (Å²) in [5, 5.41) is 5.21. The maximum absolute atomic E-state index is 11.6. The number of hydrogen-bond acceptors (Lipinski definition) is 4. The molecule has 2 aromatic rings. The lowest BCUT2D eigenvalue weighted by Gasteiger charge is -2.12. The molecule has 1 fully saturated rings. The molecule has 1 heterocycles. The molecule has 0 spiro atoms. The smallest absolute Gasteiger partial charge is 0.326 e. The molecule has 3 rings (SSSR count). The van der Waals surface area contributed by atoms with Crippen molar-refractivity contribution >= 4 is 29.6 Å². The van der Waals surface area contributed by atoms with E-state index in [9.17, 15) is 9.59 Å². The van der Waals surface area contributed by atoms with Crippen molar-refractivity contribution in [3.63, 3.8) is 0 Å². The second-order valence-corrected chi connectivity index (χ2v) is 5.66. The molecule has 0 aromatic heterocycles. The van der Waals surface area contributed by atoms with Crippen LogP contribution in [0.5, 0.6) is 11.5 Å². The van der Waals surface area contributed by atoms with Crippen molar-refractivity contribution in [3.8, 4) is 11.5 Å². The minimum atomic E-state index is -0.539. The molecule has 2 aromatic carbocycles. The van der Waals surface area contributed by atoms with Crippen LogP contribution in [0.3, 0.4) is 0 Å². The van der Waals surface area contributed by atoms with Crippen molar-refractivity contribution in [2.45, 2.75) is 6.61 Å². The Morgan fingerprint density at radius 1 is 1.08 bits per heavy atom. The lowest BCUT2D eigenvalue weighted by atomic mass is 10.1. The highest BCUT2D eigenvalue weighted by Crippen LogP contribution is 2.30. The highest BCUT2D eigenvalue weighted by atomic mass is 35.5. The van der Waals surface area contributed by atoms with Gasteiger partial charge in [-0.25, -0.2) is 4.79 Å². The standard InChI is InChI=1S/C18H15ClN2O4/c1-24-16-9-11(8-14-17(22)21-18(23)20-14)6-7-15(16)25-10-12-4-2-3-5-13(12)19/h2-9H,10H2,1H3,(H2,20,21,22,23)/b14-8-. The van der Waals surface area contributed by atoms with Gasteiger partial charge in [0.15, 0.2) is 11.5 Å². The maximum atomic E-state index is 11.6. The van der Waals surface area contributed by atoms with Crippen LogP contribution in [0.15, 0.2) is 48.2 Å². The monoisotopic (exact) mass is 358 g/mol. The molecule has 7 heteroatoms. The molecule has 0 bridgehead atoms. The number of amides is 3. The van der Waals surface area contributed by atoms with Crippen LogP contribution in [0.4, 0.5) is 4.79 Å². The van der Waals surface area contributed by atoms with Gasteiger partial charge in [0.05, 0.1) is 7.11 Å². The number of rotatable bonds is 5. The number of ether oxygens (including phenoxy) is 2. The first-order valence-electron chi connectivity index (χ1n) is 7.45. The largest absolute Gasteiger partial charge is 0.493 e. The number of urea groups is 1. The lowest BCUT2D eigenvalue weighted by molar-refractivity contribution is -0.115. The molecular formula is C18H15ClN2O4. The summed E-state index contributed by atoms with van der Waals surface area (Å²) >= 11 is 6.12. The molecule has 0 atom stereocenters. The van der Waals surface area contributed by atoms with E-state index in [1.807, 2.05) is 18.2 Å². The highest BCUT2D eigenvalue weighted by molar-refractivity contribution is 6.31. The second-order valence-electron chi connectivity index (χ2n) is 5.26. The summed E-state index contributed by atoms with van der Waals surface area (Å²) in [4.78, 5) is 22.7. The maximum Gasteiger partial charge on any atom is 0.326 e. The van der Waals surface area contributed by atoms with Crippen molar-refractivity contribution in [1.82, 2.24) is 10.6 Å². The summed E-state index contributed by atoms with van der Waals surface area (Å²) in [6.07, 6.45) is 1.56. The fourth-order valence-electron chi connectivity index (χ4n) is 2.31. The molecule has 6 nitrogen and oxygen atoms in total. The van der Waals surface area contributed by atoms with Gasteiger partial charge in [-0.3, -0.25) is 10.1 Å². The number of nitrogens with one attached hydrogen (secondary N) is 2. The van der Waals surface area contributed by atoms with Gasteiger partial charge in [-0.15, -0.1) is 0 Å². The van der Waals surface area contributed by atoms with E-state index < -0.39 is 11.9 Å². The summed E-state index contributed by atoms with van der Waals surface area (Å²) in [5.74, 6) is 0.582. The minimum Gasteiger partial charge on any atom is -0.493 e. The molecule has 0 saturated carbocycles. The molecule has 3 amide bonds. The first-order valence-corrected chi connectivity index (χ1v) is 7.83. The Hall–Kier alpha value is -2.99. The van der Waals surface area contributed by atoms with Crippen LogP contribution in [-0.2, 0) is 11.4 Å². The van der Waals surface area contributed by atoms with Crippen LogP contribution in [0, 0.1) is 0 Å². The summed E-state index contributed by atoms with van der Waals surface area (Å²) in [6, 6.07) is 12.1. The van der Waals surface area contributed by atoms with E-state index >= 15 is 0 Å². The molecular weight excluding hydrogens is 344 g/mol. The second kappa shape index (κ2) is 7.27. The van der Waals surface area contributed by atoms with Crippen molar-refractivity contribution in [2.24, 2.45) is 0 Å². The Labute approximate surface area is 149 Å². The Morgan fingerprint density at radius 3 is 2.56 bits per heavy atom. The lowest BCUT2D eigenvalue weighted by Crippen LogP contribution is -2.22. The molecule has 2 N–H and O–H groups in total. The van der Waals surface area contributed by atoms with Gasteiger partial charge >= 0.3 is 6.03 Å². The van der Waals surface area contributed by atoms with Crippen LogP contribution in [0.25, 0.3) is 6.08 Å². The minimum absolute atomic E-state index is 0.178. The fraction of sp³-hybridized carbons (Fsp3) is 0.111. The molecule has 128 valence electrons. The van der Waals surface area contributed by atoms with Gasteiger partial charge in [-0.2, -0.15) is 0 Å². The zero-order valence-electron chi connectivity index (χ0n) is 13.3. The molecule has 0 unspecified atom stereocenters. The Morgan fingerprint density at radius 2 is 1.88 bits per heavy atom. The molecule has 1 saturated heterocycles. The van der Waals surface area contributed by atoms with Crippen molar-refractivity contribution < 1.29 is 19.1 Å². The van der Waals surface area contributed by atoms with E-state index in [0.29, 0.717) is 28.7 Å². The zero-order chi connectivity index (χ0) is 17.8. The molecule has 25 heavy (non-hydrogen) atoms. The number of hydrogen-bond donors (Lipinski definition) is 2. The first-order chi connectivity index (χ1) is 12.1. The summed E-state index contributed by atoms with van der Waals surface area (Å²) in [6.45, 7) is 0.301. The van der Waals surface area contributed by atoms with E-state index in [4.69, 9.17) is 21.1 Å². The van der Waals surface area contributed by atoms with Crippen molar-refractivity contribution in [1.29, 1.82) is 0 Å². The van der Waals surface area contributed by atoms with Gasteiger partial charge in [0.2, 0.25) is 0 Å². The Bertz CT molecular complexity index is 864. The normalized spacial score (nSPS) is 15.0. The van der Waals surface area contributed by atoms with Crippen LogP contribution in [0.2, 0.25) is 5.02 Å². The van der Waals surface area contributed by atoms with Crippen LogP contribution in [0.1, 0.15) is 11.1 Å². The first kappa shape index (κ1) is 16.9. The molecule has 1 aliphatic heterocycles. The summed E-state index contributed by atoms with van der Waals surface area (Å²) in [7, 11) is 1.53. The van der Waals surface area contributed by atoms with Gasteiger partial charge in [-0.1, -0.05) is 35.9 Å². The number of carbonyl (C=O) groups excluding carboxylic acids is 2. The van der Waals surface area contributed by atoms with E-state index in [1.54, 1.807) is 30.3 Å². The van der Waals surface area contributed by atoms with Crippen LogP contribution in [-0.4, -0.2) is 19.0 Å². The van der Waals surface area contributed by atoms with Gasteiger partial charge in [-0.05, 0) is 29.8 Å². The van der Waals surface area contributed by atoms with Gasteiger partial charge in [0, 0.05) is 10.6 Å². The van der Waals surface area contributed by atoms with E-state index in [1.165, 1.54) is 7.11 Å². The number of imide groups is 1. The average Bonchev–Trinajstić information content (AvgIpc) is 2.92. The number of methoxy groups -OCH3 is 1. The molecule has 0 aliphatic carbocycles. The van der Waals surface area contributed by atoms with Crippen LogP contribution < -0.4 is 20.1 Å². The fourth-order valence-corrected chi connectivity index (χ4v) is 2.50. The van der Waals surface area contributed by atoms with Gasteiger partial charge in [0.1, 0.15) is 12.3 Å². The van der Waals surface area contributed by atoms with Crippen molar-refractivity contribution in [2.75, 3.05) is 7.11 Å². The van der Waals surface area contributed by atoms with Crippen molar-refractivity contribution in [3.05, 3.63) is 64.3 Å². The summed E-state index contributed by atoms with van der Waals surface area (Å²) in [5.41, 5.74) is 1.73. The third-order valence-electron chi connectivity index (χ3n) is 3.56. The Balaban J connectivity index is 1.78. The van der Waals surface area contributed by atoms with E-state index in [-0.39, 0.29) is 5.70 Å². The van der Waals surface area contributed by atoms with E-state index in [0.717, 1.165) is 5.56 Å². The number of benzene rings is 2. The van der Waals surface area contributed by atoms with Gasteiger partial charge < -0.3 is 14.8 Å². The van der Waals surface area contributed by atoms with Crippen LogP contribution >= 0.6 is 11.6 Å². The average molecular weight is 359 g/mol. The zero-order valence-corrected chi connectivity index (χ0v) is 14.1. The quantitative estimate of drug-likeness (QED) is 0.636. The summed E-state index contributed by atoms with van der Waals surface area (Å²) < 4.78 is 11.1. The predicted octanol–water partition coefficient (Wildman–Crippen LogP) is 3.11. The third kappa shape index (κ3) is 3.92. The third-order valence-corrected chi connectivity index (χ3v) is 3.93. The molecule has 0 radical (unpaired) electrons. The number of halogens is 1. The topological polar surface area (TPSA) is 76.7 Å². The highest BCUT2D eigenvalue weighted by Gasteiger charge is 2.22.